The summed E-state index contributed by atoms with van der Waals surface area (Å²) >= 11 is 0. The van der Waals surface area contributed by atoms with Crippen molar-refractivity contribution in [3.05, 3.63) is 0 Å². The SMILES string of the molecule is CC.CCOCCOCCOCCOCCNC(=O)C1CCC(C)CC1. The van der Waals surface area contributed by atoms with Crippen LogP contribution in [0.1, 0.15) is 53.4 Å². The van der Waals surface area contributed by atoms with Gasteiger partial charge in [-0.3, -0.25) is 4.79 Å². The molecule has 1 saturated carbocycles. The molecule has 0 atom stereocenters. The van der Waals surface area contributed by atoms with Crippen LogP contribution in [0.5, 0.6) is 0 Å². The standard InChI is InChI=1S/C18H35NO5.C2H6/c1-3-21-10-11-23-14-15-24-13-12-22-9-8-19-18(20)17-6-4-16(2)5-7-17;1-2/h16-17H,3-15H2,1-2H3,(H,19,20);1-2H3. The summed E-state index contributed by atoms with van der Waals surface area (Å²) in [5.41, 5.74) is 0. The smallest absolute Gasteiger partial charge is 0.223 e. The van der Waals surface area contributed by atoms with Gasteiger partial charge in [-0.1, -0.05) is 20.8 Å². The summed E-state index contributed by atoms with van der Waals surface area (Å²) in [5.74, 6) is 1.16. The van der Waals surface area contributed by atoms with Gasteiger partial charge in [-0.2, -0.15) is 0 Å². The molecular formula is C20H41NO5. The Balaban J connectivity index is 0.00000301. The molecular weight excluding hydrogens is 334 g/mol. The van der Waals surface area contributed by atoms with Crippen LogP contribution >= 0.6 is 0 Å². The summed E-state index contributed by atoms with van der Waals surface area (Å²) in [6, 6.07) is 0. The van der Waals surface area contributed by atoms with E-state index in [4.69, 9.17) is 18.9 Å². The molecule has 1 amide bonds. The van der Waals surface area contributed by atoms with Crippen LogP contribution in [-0.2, 0) is 23.7 Å². The molecule has 0 aliphatic heterocycles. The fraction of sp³-hybridized carbons (Fsp3) is 0.950. The molecule has 1 fully saturated rings. The molecule has 0 saturated heterocycles. The summed E-state index contributed by atoms with van der Waals surface area (Å²) in [7, 11) is 0. The molecule has 1 aliphatic rings. The van der Waals surface area contributed by atoms with Gasteiger partial charge in [0.25, 0.3) is 0 Å². The van der Waals surface area contributed by atoms with Crippen LogP contribution in [0.2, 0.25) is 0 Å². The van der Waals surface area contributed by atoms with Crippen LogP contribution in [0.15, 0.2) is 0 Å². The van der Waals surface area contributed by atoms with E-state index in [0.717, 1.165) is 25.4 Å². The highest BCUT2D eigenvalue weighted by Crippen LogP contribution is 2.28. The van der Waals surface area contributed by atoms with E-state index in [-0.39, 0.29) is 11.8 Å². The van der Waals surface area contributed by atoms with Crippen molar-refractivity contribution in [2.24, 2.45) is 11.8 Å². The molecule has 0 aromatic rings. The highest BCUT2D eigenvalue weighted by molar-refractivity contribution is 5.78. The van der Waals surface area contributed by atoms with Crippen LogP contribution in [0.25, 0.3) is 0 Å². The molecule has 1 aliphatic carbocycles. The van der Waals surface area contributed by atoms with Gasteiger partial charge in [0.1, 0.15) is 0 Å². The zero-order valence-corrected chi connectivity index (χ0v) is 17.4. The molecule has 0 spiro atoms. The second-order valence-electron chi connectivity index (χ2n) is 6.28. The first-order valence-electron chi connectivity index (χ1n) is 10.3. The van der Waals surface area contributed by atoms with Gasteiger partial charge in [0.05, 0.1) is 46.2 Å². The largest absolute Gasteiger partial charge is 0.379 e. The van der Waals surface area contributed by atoms with Crippen molar-refractivity contribution >= 4 is 5.91 Å². The van der Waals surface area contributed by atoms with Gasteiger partial charge in [0.2, 0.25) is 5.91 Å². The number of carbonyl (C=O) groups excluding carboxylic acids is 1. The normalized spacial score (nSPS) is 19.5. The summed E-state index contributed by atoms with van der Waals surface area (Å²) in [4.78, 5) is 12.0. The average molecular weight is 376 g/mol. The number of hydrogen-bond acceptors (Lipinski definition) is 5. The molecule has 0 bridgehead atoms. The molecule has 0 heterocycles. The Morgan fingerprint density at radius 1 is 0.808 bits per heavy atom. The van der Waals surface area contributed by atoms with Crippen LogP contribution < -0.4 is 5.32 Å². The van der Waals surface area contributed by atoms with Crippen molar-refractivity contribution in [2.45, 2.75) is 53.4 Å². The highest BCUT2D eigenvalue weighted by atomic mass is 16.6. The Kier molecular flexibility index (Phi) is 18.6. The predicted octanol–water partition coefficient (Wildman–Crippen LogP) is 3.04. The zero-order chi connectivity index (χ0) is 19.5. The highest BCUT2D eigenvalue weighted by Gasteiger charge is 2.23. The Labute approximate surface area is 160 Å². The second-order valence-corrected chi connectivity index (χ2v) is 6.28. The first-order chi connectivity index (χ1) is 12.7. The number of amides is 1. The number of rotatable bonds is 14. The van der Waals surface area contributed by atoms with E-state index < -0.39 is 0 Å². The number of hydrogen-bond donors (Lipinski definition) is 1. The topological polar surface area (TPSA) is 66.0 Å². The van der Waals surface area contributed by atoms with Crippen molar-refractivity contribution in [1.82, 2.24) is 5.32 Å². The van der Waals surface area contributed by atoms with E-state index in [2.05, 4.69) is 12.2 Å². The monoisotopic (exact) mass is 375 g/mol. The Morgan fingerprint density at radius 3 is 1.77 bits per heavy atom. The fourth-order valence-corrected chi connectivity index (χ4v) is 2.72. The van der Waals surface area contributed by atoms with Crippen molar-refractivity contribution < 1.29 is 23.7 Å². The quantitative estimate of drug-likeness (QED) is 0.473. The summed E-state index contributed by atoms with van der Waals surface area (Å²) in [5, 5.41) is 2.97. The zero-order valence-electron chi connectivity index (χ0n) is 17.4. The number of carbonyl (C=O) groups is 1. The first kappa shape index (κ1) is 25.3. The lowest BCUT2D eigenvalue weighted by atomic mass is 9.82. The van der Waals surface area contributed by atoms with E-state index in [1.54, 1.807) is 0 Å². The Hall–Kier alpha value is -0.690. The molecule has 0 radical (unpaired) electrons. The maximum atomic E-state index is 12.0. The van der Waals surface area contributed by atoms with E-state index in [1.165, 1.54) is 12.8 Å². The molecule has 6 heteroatoms. The second kappa shape index (κ2) is 19.1. The van der Waals surface area contributed by atoms with Gasteiger partial charge in [0, 0.05) is 19.1 Å². The molecule has 0 aromatic heterocycles. The van der Waals surface area contributed by atoms with Gasteiger partial charge < -0.3 is 24.3 Å². The van der Waals surface area contributed by atoms with Crippen LogP contribution in [-0.4, -0.2) is 65.3 Å². The number of nitrogens with one attached hydrogen (secondary N) is 1. The maximum absolute atomic E-state index is 12.0. The Bertz CT molecular complexity index is 307. The van der Waals surface area contributed by atoms with Gasteiger partial charge in [-0.05, 0) is 38.5 Å². The Morgan fingerprint density at radius 2 is 1.27 bits per heavy atom. The van der Waals surface area contributed by atoms with E-state index in [1.807, 2.05) is 20.8 Å². The summed E-state index contributed by atoms with van der Waals surface area (Å²) in [6.07, 6.45) is 4.38. The fourth-order valence-electron chi connectivity index (χ4n) is 2.72. The molecule has 0 unspecified atom stereocenters. The lowest BCUT2D eigenvalue weighted by molar-refractivity contribution is -0.126. The molecule has 6 nitrogen and oxygen atoms in total. The molecule has 1 N–H and O–H groups in total. The minimum Gasteiger partial charge on any atom is -0.379 e. The van der Waals surface area contributed by atoms with Gasteiger partial charge in [-0.25, -0.2) is 0 Å². The molecule has 0 aromatic carbocycles. The summed E-state index contributed by atoms with van der Waals surface area (Å²) < 4.78 is 21.3. The van der Waals surface area contributed by atoms with Crippen LogP contribution in [0.3, 0.4) is 0 Å². The predicted molar refractivity (Wildman–Crippen MR) is 104 cm³/mol. The van der Waals surface area contributed by atoms with Crippen molar-refractivity contribution in [3.63, 3.8) is 0 Å². The lowest BCUT2D eigenvalue weighted by Crippen LogP contribution is -2.35. The lowest BCUT2D eigenvalue weighted by Gasteiger charge is -2.25. The number of ether oxygens (including phenoxy) is 4. The van der Waals surface area contributed by atoms with Gasteiger partial charge in [-0.15, -0.1) is 0 Å². The van der Waals surface area contributed by atoms with Crippen LogP contribution in [0, 0.1) is 11.8 Å². The third-order valence-corrected chi connectivity index (χ3v) is 4.25. The van der Waals surface area contributed by atoms with E-state index in [0.29, 0.717) is 52.8 Å². The van der Waals surface area contributed by atoms with E-state index >= 15 is 0 Å². The average Bonchev–Trinajstić information content (AvgIpc) is 2.67. The van der Waals surface area contributed by atoms with Gasteiger partial charge >= 0.3 is 0 Å². The van der Waals surface area contributed by atoms with Crippen molar-refractivity contribution in [3.8, 4) is 0 Å². The van der Waals surface area contributed by atoms with Crippen LogP contribution in [0.4, 0.5) is 0 Å². The van der Waals surface area contributed by atoms with Crippen molar-refractivity contribution in [1.29, 1.82) is 0 Å². The first-order valence-corrected chi connectivity index (χ1v) is 10.3. The minimum atomic E-state index is 0.186. The maximum Gasteiger partial charge on any atom is 0.223 e. The molecule has 156 valence electrons. The summed E-state index contributed by atoms with van der Waals surface area (Å²) in [6.45, 7) is 13.5. The third-order valence-electron chi connectivity index (χ3n) is 4.25. The third kappa shape index (κ3) is 14.5. The van der Waals surface area contributed by atoms with Crippen molar-refractivity contribution in [2.75, 3.05) is 59.4 Å². The molecule has 26 heavy (non-hydrogen) atoms. The minimum absolute atomic E-state index is 0.186. The van der Waals surface area contributed by atoms with E-state index in [9.17, 15) is 4.79 Å². The van der Waals surface area contributed by atoms with Gasteiger partial charge in [0.15, 0.2) is 0 Å². The molecule has 1 rings (SSSR count).